The van der Waals surface area contributed by atoms with Crippen LogP contribution in [0.2, 0.25) is 0 Å². The lowest BCUT2D eigenvalue weighted by molar-refractivity contribution is -0.427. The van der Waals surface area contributed by atoms with Crippen molar-refractivity contribution in [1.82, 2.24) is 0 Å². The van der Waals surface area contributed by atoms with Gasteiger partial charge in [0.2, 0.25) is 11.6 Å². The number of hydrogen-bond acceptors (Lipinski definition) is 8. The molecule has 0 bridgehead atoms. The predicted molar refractivity (Wildman–Crippen MR) is 71.5 cm³/mol. The van der Waals surface area contributed by atoms with Gasteiger partial charge in [-0.05, 0) is 13.8 Å². The number of ether oxygens (including phenoxy) is 8. The maximum Gasteiger partial charge on any atom is 0.282 e. The minimum Gasteiger partial charge on any atom is -0.340 e. The minimum absolute atomic E-state index is 0.154. The molecule has 0 radical (unpaired) electrons. The quantitative estimate of drug-likeness (QED) is 0.758. The number of hydrogen-bond donors (Lipinski definition) is 0. The van der Waals surface area contributed by atoms with Crippen molar-refractivity contribution < 1.29 is 37.9 Å². The fraction of sp³-hybridized carbons (Fsp3) is 1.00. The molecule has 0 aliphatic carbocycles. The first-order valence-electron chi connectivity index (χ1n) is 7.60. The van der Waals surface area contributed by atoms with Crippen LogP contribution in [0.25, 0.3) is 0 Å². The first kappa shape index (κ1) is 16.5. The van der Waals surface area contributed by atoms with Gasteiger partial charge in [-0.2, -0.15) is 0 Å². The van der Waals surface area contributed by atoms with Gasteiger partial charge in [-0.25, -0.2) is 0 Å². The van der Waals surface area contributed by atoms with E-state index in [1.807, 2.05) is 13.8 Å². The Morgan fingerprint density at radius 1 is 0.682 bits per heavy atom. The predicted octanol–water partition coefficient (Wildman–Crippen LogP) is 0.940. The highest BCUT2D eigenvalue weighted by Gasteiger charge is 2.59. The average molecular weight is 320 g/mol. The van der Waals surface area contributed by atoms with E-state index in [1.54, 1.807) is 13.8 Å². The summed E-state index contributed by atoms with van der Waals surface area (Å²) in [5.74, 6) is -4.20. The van der Waals surface area contributed by atoms with Crippen molar-refractivity contribution in [1.29, 1.82) is 0 Å². The molecule has 8 nitrogen and oxygen atoms in total. The molecule has 0 aromatic heterocycles. The van der Waals surface area contributed by atoms with Crippen LogP contribution in [-0.2, 0) is 37.9 Å². The van der Waals surface area contributed by atoms with Crippen molar-refractivity contribution in [3.63, 3.8) is 0 Å². The van der Waals surface area contributed by atoms with E-state index in [-0.39, 0.29) is 26.4 Å². The molecule has 3 rings (SSSR count). The third kappa shape index (κ3) is 3.02. The molecular formula is C14H24O8. The van der Waals surface area contributed by atoms with Crippen molar-refractivity contribution in [2.75, 3.05) is 39.6 Å². The molecule has 128 valence electrons. The lowest BCUT2D eigenvalue weighted by atomic mass is 10.2. The van der Waals surface area contributed by atoms with Crippen LogP contribution in [0.15, 0.2) is 0 Å². The van der Waals surface area contributed by atoms with Crippen LogP contribution in [0, 0.1) is 0 Å². The summed E-state index contributed by atoms with van der Waals surface area (Å²) in [7, 11) is 0. The Hall–Kier alpha value is -0.320. The standard InChI is InChI=1S/C14H24O8/c1-5-15-11(3)17-7-13(21-11)9-20-14(10-19-13)8-18-12(4,22-14)16-6-2/h5-10H2,1-4H3. The fourth-order valence-electron chi connectivity index (χ4n) is 2.79. The highest BCUT2D eigenvalue weighted by atomic mass is 17.0. The van der Waals surface area contributed by atoms with Gasteiger partial charge >= 0.3 is 0 Å². The molecule has 4 atom stereocenters. The summed E-state index contributed by atoms with van der Waals surface area (Å²) in [5.41, 5.74) is 0. The topological polar surface area (TPSA) is 73.8 Å². The Labute approximate surface area is 129 Å². The second-order valence-electron chi connectivity index (χ2n) is 5.77. The molecule has 8 heteroatoms. The summed E-state index contributed by atoms with van der Waals surface area (Å²) in [6, 6.07) is 0. The molecule has 3 aliphatic rings. The van der Waals surface area contributed by atoms with Gasteiger partial charge in [0.05, 0.1) is 0 Å². The van der Waals surface area contributed by atoms with Crippen molar-refractivity contribution in [3.8, 4) is 0 Å². The summed E-state index contributed by atoms with van der Waals surface area (Å²) in [6.07, 6.45) is 0. The van der Waals surface area contributed by atoms with Gasteiger partial charge in [-0.15, -0.1) is 0 Å². The van der Waals surface area contributed by atoms with Gasteiger partial charge in [-0.3, -0.25) is 9.47 Å². The van der Waals surface area contributed by atoms with Crippen LogP contribution >= 0.6 is 0 Å². The Kier molecular flexibility index (Phi) is 4.24. The SMILES string of the molecule is CCOC1(C)OCC2(COC3(CO2)COC(C)(OCC)O3)O1. The van der Waals surface area contributed by atoms with Crippen LogP contribution < -0.4 is 0 Å². The summed E-state index contributed by atoms with van der Waals surface area (Å²) in [6.45, 7) is 8.86. The van der Waals surface area contributed by atoms with Crippen molar-refractivity contribution in [2.45, 2.75) is 51.2 Å². The third-order valence-corrected chi connectivity index (χ3v) is 3.77. The molecule has 3 heterocycles. The molecule has 0 aromatic carbocycles. The van der Waals surface area contributed by atoms with Crippen LogP contribution in [-0.4, -0.2) is 63.2 Å². The van der Waals surface area contributed by atoms with E-state index in [9.17, 15) is 0 Å². The van der Waals surface area contributed by atoms with E-state index < -0.39 is 23.5 Å². The molecule has 0 amide bonds. The Balaban J connectivity index is 1.60. The van der Waals surface area contributed by atoms with Gasteiger partial charge < -0.3 is 28.4 Å². The second kappa shape index (κ2) is 5.64. The molecule has 0 aromatic rings. The highest BCUT2D eigenvalue weighted by molar-refractivity contribution is 4.88. The molecular weight excluding hydrogens is 296 g/mol. The molecule has 3 aliphatic heterocycles. The zero-order chi connectivity index (χ0) is 15.9. The van der Waals surface area contributed by atoms with Gasteiger partial charge in [0.25, 0.3) is 11.9 Å². The van der Waals surface area contributed by atoms with Gasteiger partial charge in [0.1, 0.15) is 26.4 Å². The lowest BCUT2D eigenvalue weighted by Crippen LogP contribution is -2.57. The molecule has 0 saturated carbocycles. The average Bonchev–Trinajstić information content (AvgIpc) is 2.95. The largest absolute Gasteiger partial charge is 0.340 e. The maximum atomic E-state index is 5.86. The monoisotopic (exact) mass is 320 g/mol. The third-order valence-electron chi connectivity index (χ3n) is 3.77. The Morgan fingerprint density at radius 2 is 1.05 bits per heavy atom. The molecule has 22 heavy (non-hydrogen) atoms. The Morgan fingerprint density at radius 3 is 1.36 bits per heavy atom. The van der Waals surface area contributed by atoms with Gasteiger partial charge in [0.15, 0.2) is 0 Å². The molecule has 3 fully saturated rings. The summed E-state index contributed by atoms with van der Waals surface area (Å²) < 4.78 is 45.3. The normalized spacial score (nSPS) is 48.5. The molecule has 3 saturated heterocycles. The van der Waals surface area contributed by atoms with Gasteiger partial charge in [0, 0.05) is 27.1 Å². The van der Waals surface area contributed by atoms with E-state index in [1.165, 1.54) is 0 Å². The first-order valence-corrected chi connectivity index (χ1v) is 7.60. The van der Waals surface area contributed by atoms with Crippen LogP contribution in [0.5, 0.6) is 0 Å². The maximum absolute atomic E-state index is 5.86. The van der Waals surface area contributed by atoms with Crippen LogP contribution in [0.4, 0.5) is 0 Å². The van der Waals surface area contributed by atoms with Crippen molar-refractivity contribution >= 4 is 0 Å². The van der Waals surface area contributed by atoms with E-state index in [0.717, 1.165) is 0 Å². The summed E-state index contributed by atoms with van der Waals surface area (Å²) in [5, 5.41) is 0. The number of rotatable bonds is 4. The summed E-state index contributed by atoms with van der Waals surface area (Å²) >= 11 is 0. The molecule has 0 N–H and O–H groups in total. The lowest BCUT2D eigenvalue weighted by Gasteiger charge is -2.41. The van der Waals surface area contributed by atoms with E-state index in [0.29, 0.717) is 13.2 Å². The molecule has 4 unspecified atom stereocenters. The molecule has 2 spiro atoms. The highest BCUT2D eigenvalue weighted by Crippen LogP contribution is 2.42. The zero-order valence-electron chi connectivity index (χ0n) is 13.5. The van der Waals surface area contributed by atoms with Crippen LogP contribution in [0.3, 0.4) is 0 Å². The zero-order valence-corrected chi connectivity index (χ0v) is 13.5. The van der Waals surface area contributed by atoms with Crippen LogP contribution in [0.1, 0.15) is 27.7 Å². The smallest absolute Gasteiger partial charge is 0.282 e. The first-order chi connectivity index (χ1) is 10.4. The Bertz CT molecular complexity index is 370. The second-order valence-corrected chi connectivity index (χ2v) is 5.77. The van der Waals surface area contributed by atoms with Crippen molar-refractivity contribution in [3.05, 3.63) is 0 Å². The van der Waals surface area contributed by atoms with E-state index in [4.69, 9.17) is 37.9 Å². The minimum atomic E-state index is -1.12. The van der Waals surface area contributed by atoms with Gasteiger partial charge in [-0.1, -0.05) is 0 Å². The van der Waals surface area contributed by atoms with E-state index >= 15 is 0 Å². The summed E-state index contributed by atoms with van der Waals surface area (Å²) in [4.78, 5) is 0. The van der Waals surface area contributed by atoms with Crippen molar-refractivity contribution in [2.24, 2.45) is 0 Å². The fourth-order valence-corrected chi connectivity index (χ4v) is 2.79. The van der Waals surface area contributed by atoms with E-state index in [2.05, 4.69) is 0 Å².